The number of primary amides is 1. The summed E-state index contributed by atoms with van der Waals surface area (Å²) in [5.41, 5.74) is 14.5. The molecule has 0 saturated carbocycles. The highest BCUT2D eigenvalue weighted by Crippen LogP contribution is 2.36. The molecule has 3 aromatic carbocycles. The molecule has 6 heteroatoms. The minimum atomic E-state index is -0.463. The lowest BCUT2D eigenvalue weighted by molar-refractivity contribution is 0.100. The number of amides is 1. The number of nitrogens with two attached hydrogens (primary N) is 1. The van der Waals surface area contributed by atoms with E-state index >= 15 is 0 Å². The minimum Gasteiger partial charge on any atom is -0.366 e. The SMILES string of the molecule is Cc1cc(-c2ncc(-c3ccc(C(N)=O)cc3)cc2-c2ccc3ncsc3c2)ccc1F. The molecule has 0 aliphatic rings. The van der Waals surface area contributed by atoms with Crippen LogP contribution in [0.4, 0.5) is 4.39 Å². The fourth-order valence-corrected chi connectivity index (χ4v) is 4.43. The van der Waals surface area contributed by atoms with Crippen molar-refractivity contribution in [3.8, 4) is 33.5 Å². The van der Waals surface area contributed by atoms with Crippen LogP contribution in [-0.4, -0.2) is 15.9 Å². The van der Waals surface area contributed by atoms with Gasteiger partial charge in [-0.1, -0.05) is 18.2 Å². The van der Waals surface area contributed by atoms with Crippen LogP contribution in [0.15, 0.2) is 78.4 Å². The van der Waals surface area contributed by atoms with E-state index in [1.165, 1.54) is 6.07 Å². The Labute approximate surface area is 188 Å². The van der Waals surface area contributed by atoms with E-state index in [1.54, 1.807) is 42.7 Å². The zero-order valence-corrected chi connectivity index (χ0v) is 18.0. The molecule has 0 atom stereocenters. The highest BCUT2D eigenvalue weighted by molar-refractivity contribution is 7.16. The fraction of sp³-hybridized carbons (Fsp3) is 0.0385. The first-order chi connectivity index (χ1) is 15.5. The topological polar surface area (TPSA) is 68.9 Å². The molecule has 0 aliphatic carbocycles. The summed E-state index contributed by atoms with van der Waals surface area (Å²) in [6.45, 7) is 1.75. The number of fused-ring (bicyclic) bond motifs is 1. The van der Waals surface area contributed by atoms with E-state index in [4.69, 9.17) is 10.7 Å². The molecule has 0 aliphatic heterocycles. The third-order valence-corrected chi connectivity index (χ3v) is 6.26. The molecule has 0 spiro atoms. The van der Waals surface area contributed by atoms with Crippen LogP contribution in [0.1, 0.15) is 15.9 Å². The van der Waals surface area contributed by atoms with Gasteiger partial charge >= 0.3 is 0 Å². The Kier molecular flexibility index (Phi) is 4.99. The maximum absolute atomic E-state index is 13.9. The predicted octanol–water partition coefficient (Wildman–Crippen LogP) is 6.24. The first-order valence-electron chi connectivity index (χ1n) is 10.00. The Hall–Kier alpha value is -3.90. The van der Waals surface area contributed by atoms with Gasteiger partial charge in [-0.05, 0) is 72.1 Å². The van der Waals surface area contributed by atoms with E-state index in [1.807, 2.05) is 35.8 Å². The lowest BCUT2D eigenvalue weighted by atomic mass is 9.95. The molecule has 1 amide bonds. The van der Waals surface area contributed by atoms with Crippen LogP contribution in [0.3, 0.4) is 0 Å². The quantitative estimate of drug-likeness (QED) is 0.360. The van der Waals surface area contributed by atoms with E-state index in [-0.39, 0.29) is 5.82 Å². The van der Waals surface area contributed by atoms with Gasteiger partial charge in [0.2, 0.25) is 5.91 Å². The third kappa shape index (κ3) is 3.65. The smallest absolute Gasteiger partial charge is 0.248 e. The molecule has 0 bridgehead atoms. The highest BCUT2D eigenvalue weighted by Gasteiger charge is 2.14. The molecule has 5 rings (SSSR count). The van der Waals surface area contributed by atoms with Crippen molar-refractivity contribution in [2.75, 3.05) is 0 Å². The van der Waals surface area contributed by atoms with Gasteiger partial charge in [-0.25, -0.2) is 9.37 Å². The molecule has 0 fully saturated rings. The van der Waals surface area contributed by atoms with Crippen LogP contribution in [0.2, 0.25) is 0 Å². The molecule has 156 valence electrons. The highest BCUT2D eigenvalue weighted by atomic mass is 32.1. The number of hydrogen-bond donors (Lipinski definition) is 1. The summed E-state index contributed by atoms with van der Waals surface area (Å²) in [7, 11) is 0. The van der Waals surface area contributed by atoms with E-state index in [0.29, 0.717) is 11.1 Å². The Bertz CT molecular complexity index is 1470. The number of aromatic nitrogens is 2. The van der Waals surface area contributed by atoms with Crippen molar-refractivity contribution in [3.63, 3.8) is 0 Å². The number of rotatable bonds is 4. The Morgan fingerprint density at radius 2 is 1.62 bits per heavy atom. The third-order valence-electron chi connectivity index (χ3n) is 5.46. The number of thiazole rings is 1. The van der Waals surface area contributed by atoms with Crippen LogP contribution in [-0.2, 0) is 0 Å². The minimum absolute atomic E-state index is 0.243. The van der Waals surface area contributed by atoms with Crippen LogP contribution >= 0.6 is 11.3 Å². The van der Waals surface area contributed by atoms with Gasteiger partial charge in [0.15, 0.2) is 0 Å². The molecule has 0 radical (unpaired) electrons. The van der Waals surface area contributed by atoms with Crippen molar-refractivity contribution in [1.82, 2.24) is 9.97 Å². The van der Waals surface area contributed by atoms with Crippen molar-refractivity contribution in [2.45, 2.75) is 6.92 Å². The van der Waals surface area contributed by atoms with Gasteiger partial charge in [-0.3, -0.25) is 9.78 Å². The second-order valence-corrected chi connectivity index (χ2v) is 8.45. The molecule has 2 aromatic heterocycles. The second-order valence-electron chi connectivity index (χ2n) is 7.56. The van der Waals surface area contributed by atoms with Gasteiger partial charge in [-0.15, -0.1) is 11.3 Å². The lowest BCUT2D eigenvalue weighted by Gasteiger charge is -2.13. The summed E-state index contributed by atoms with van der Waals surface area (Å²) in [6, 6.07) is 20.4. The summed E-state index contributed by atoms with van der Waals surface area (Å²) in [6.07, 6.45) is 1.79. The second kappa shape index (κ2) is 7.98. The van der Waals surface area contributed by atoms with Crippen molar-refractivity contribution < 1.29 is 9.18 Å². The van der Waals surface area contributed by atoms with Gasteiger partial charge in [0.05, 0.1) is 21.4 Å². The Balaban J connectivity index is 1.69. The number of halogens is 1. The van der Waals surface area contributed by atoms with Crippen LogP contribution < -0.4 is 5.73 Å². The summed E-state index contributed by atoms with van der Waals surface area (Å²) in [5.74, 6) is -0.706. The molecule has 4 nitrogen and oxygen atoms in total. The zero-order valence-electron chi connectivity index (χ0n) is 17.2. The average molecular weight is 440 g/mol. The molecular formula is C26H18FN3OS. The maximum Gasteiger partial charge on any atom is 0.248 e. The zero-order chi connectivity index (χ0) is 22.2. The number of carbonyl (C=O) groups excluding carboxylic acids is 1. The van der Waals surface area contributed by atoms with Gasteiger partial charge in [0.1, 0.15) is 5.82 Å². The van der Waals surface area contributed by atoms with Gasteiger partial charge < -0.3 is 5.73 Å². The maximum atomic E-state index is 13.9. The van der Waals surface area contributed by atoms with Gasteiger partial charge in [-0.2, -0.15) is 0 Å². The number of nitrogens with zero attached hydrogens (tertiary/aromatic N) is 2. The molecule has 0 saturated heterocycles. The number of carbonyl (C=O) groups is 1. The van der Waals surface area contributed by atoms with E-state index in [0.717, 1.165) is 43.7 Å². The number of pyridine rings is 1. The van der Waals surface area contributed by atoms with E-state index in [2.05, 4.69) is 17.1 Å². The molecule has 5 aromatic rings. The molecule has 0 unspecified atom stereocenters. The number of aryl methyl sites for hydroxylation is 1. The first kappa shape index (κ1) is 20.0. The fourth-order valence-electron chi connectivity index (χ4n) is 3.71. The Morgan fingerprint density at radius 3 is 2.38 bits per heavy atom. The Morgan fingerprint density at radius 1 is 0.875 bits per heavy atom. The van der Waals surface area contributed by atoms with E-state index in [9.17, 15) is 9.18 Å². The van der Waals surface area contributed by atoms with Gasteiger partial charge in [0.25, 0.3) is 0 Å². The molecule has 2 heterocycles. The lowest BCUT2D eigenvalue weighted by Crippen LogP contribution is -2.10. The molecule has 32 heavy (non-hydrogen) atoms. The predicted molar refractivity (Wildman–Crippen MR) is 127 cm³/mol. The normalized spacial score (nSPS) is 11.1. The summed E-state index contributed by atoms with van der Waals surface area (Å²) >= 11 is 1.58. The molecule has 2 N–H and O–H groups in total. The number of hydrogen-bond acceptors (Lipinski definition) is 4. The first-order valence-corrected chi connectivity index (χ1v) is 10.9. The van der Waals surface area contributed by atoms with Crippen LogP contribution in [0.5, 0.6) is 0 Å². The van der Waals surface area contributed by atoms with Crippen molar-refractivity contribution in [3.05, 3.63) is 95.4 Å². The van der Waals surface area contributed by atoms with Crippen LogP contribution in [0.25, 0.3) is 43.7 Å². The van der Waals surface area contributed by atoms with Crippen LogP contribution in [0, 0.1) is 12.7 Å². The summed E-state index contributed by atoms with van der Waals surface area (Å²) < 4.78 is 15.0. The standard InChI is InChI=1S/C26H18FN3OS/c1-15-10-19(6-8-22(15)27)25-21(18-7-9-23-24(12-18)32-14-30-23)11-20(13-29-25)16-2-4-17(5-3-16)26(28)31/h2-14H,1H3,(H2,28,31). The van der Waals surface area contributed by atoms with Crippen molar-refractivity contribution in [1.29, 1.82) is 0 Å². The average Bonchev–Trinajstić information content (AvgIpc) is 3.28. The largest absolute Gasteiger partial charge is 0.366 e. The monoisotopic (exact) mass is 439 g/mol. The number of benzene rings is 3. The van der Waals surface area contributed by atoms with Crippen molar-refractivity contribution in [2.24, 2.45) is 5.73 Å². The van der Waals surface area contributed by atoms with E-state index < -0.39 is 5.91 Å². The summed E-state index contributed by atoms with van der Waals surface area (Å²) in [5, 5.41) is 0. The molecular weight excluding hydrogens is 421 g/mol. The summed E-state index contributed by atoms with van der Waals surface area (Å²) in [4.78, 5) is 20.5. The van der Waals surface area contributed by atoms with Gasteiger partial charge in [0, 0.05) is 28.5 Å². The van der Waals surface area contributed by atoms with Crippen molar-refractivity contribution >= 4 is 27.5 Å².